The third-order valence-corrected chi connectivity index (χ3v) is 10.2. The number of halogens is 1. The van der Waals surface area contributed by atoms with E-state index in [0.29, 0.717) is 31.6 Å². The molecule has 1 amide bonds. The van der Waals surface area contributed by atoms with Crippen molar-refractivity contribution in [1.82, 2.24) is 0 Å². The number of carbonyl (C=O) groups excluding carboxylic acids is 1. The van der Waals surface area contributed by atoms with Crippen molar-refractivity contribution in [3.05, 3.63) is 94.3 Å². The minimum Gasteiger partial charge on any atom is -0.506 e. The van der Waals surface area contributed by atoms with Gasteiger partial charge in [-0.05, 0) is 54.5 Å². The molecule has 3 aromatic rings. The highest BCUT2D eigenvalue weighted by atomic mass is 32.2. The number of phenols is 1. The number of sulfone groups is 1. The van der Waals surface area contributed by atoms with Gasteiger partial charge in [0.05, 0.1) is 16.3 Å². The summed E-state index contributed by atoms with van der Waals surface area (Å²) in [6.07, 6.45) is 0.601. The Morgan fingerprint density at radius 2 is 1.93 bits per heavy atom. The number of aromatic hydroxyl groups is 1. The highest BCUT2D eigenvalue weighted by Gasteiger charge is 2.49. The molecule has 0 aliphatic carbocycles. The van der Waals surface area contributed by atoms with Gasteiger partial charge in [-0.3, -0.25) is 9.69 Å². The lowest BCUT2D eigenvalue weighted by molar-refractivity contribution is -0.127. The summed E-state index contributed by atoms with van der Waals surface area (Å²) in [6.45, 7) is 4.30. The number of ether oxygens (including phenoxy) is 2. The van der Waals surface area contributed by atoms with Crippen LogP contribution in [0.2, 0.25) is 0 Å². The van der Waals surface area contributed by atoms with E-state index in [0.717, 1.165) is 5.56 Å². The first-order valence-electron chi connectivity index (χ1n) is 14.0. The maximum absolute atomic E-state index is 16.2. The quantitative estimate of drug-likeness (QED) is 0.359. The summed E-state index contributed by atoms with van der Waals surface area (Å²) >= 11 is 0. The summed E-state index contributed by atoms with van der Waals surface area (Å²) < 4.78 is 55.9. The van der Waals surface area contributed by atoms with Crippen molar-refractivity contribution < 1.29 is 32.2 Å². The maximum atomic E-state index is 16.2. The molecule has 1 fully saturated rings. The van der Waals surface area contributed by atoms with E-state index < -0.39 is 39.1 Å². The molecule has 3 aliphatic rings. The Morgan fingerprint density at radius 3 is 2.64 bits per heavy atom. The molecule has 3 heterocycles. The molecule has 0 bridgehead atoms. The Bertz CT molecular complexity index is 1670. The number of hydrogen-bond donors (Lipinski definition) is 2. The van der Waals surface area contributed by atoms with Crippen LogP contribution in [-0.2, 0) is 26.0 Å². The average molecular weight is 593 g/mol. The summed E-state index contributed by atoms with van der Waals surface area (Å²) in [6, 6.07) is 17.0. The van der Waals surface area contributed by atoms with Crippen molar-refractivity contribution in [2.45, 2.75) is 51.9 Å². The highest BCUT2D eigenvalue weighted by molar-refractivity contribution is 7.95. The van der Waals surface area contributed by atoms with Crippen LogP contribution >= 0.6 is 0 Å². The van der Waals surface area contributed by atoms with Crippen molar-refractivity contribution in [2.75, 3.05) is 22.6 Å². The van der Waals surface area contributed by atoms with Gasteiger partial charge in [0, 0.05) is 23.9 Å². The lowest BCUT2D eigenvalue weighted by atomic mass is 9.88. The molecule has 2 unspecified atom stereocenters. The number of rotatable bonds is 5. The molecular formula is C32H33FN2O6S. The summed E-state index contributed by atoms with van der Waals surface area (Å²) in [7, 11) is -4.00. The Morgan fingerprint density at radius 1 is 1.14 bits per heavy atom. The van der Waals surface area contributed by atoms with Crippen LogP contribution < -0.4 is 15.0 Å². The summed E-state index contributed by atoms with van der Waals surface area (Å²) in [5.74, 6) is -1.28. The fourth-order valence-electron chi connectivity index (χ4n) is 6.12. The number of amides is 1. The van der Waals surface area contributed by atoms with Gasteiger partial charge in [-0.2, -0.15) is 0 Å². The molecule has 0 radical (unpaired) electrons. The van der Waals surface area contributed by atoms with Crippen LogP contribution in [0.5, 0.6) is 11.5 Å². The van der Waals surface area contributed by atoms with Crippen molar-refractivity contribution in [2.24, 2.45) is 5.41 Å². The van der Waals surface area contributed by atoms with E-state index in [1.807, 2.05) is 44.2 Å². The largest absolute Gasteiger partial charge is 0.506 e. The second-order valence-electron chi connectivity index (χ2n) is 11.8. The molecule has 220 valence electrons. The molecule has 42 heavy (non-hydrogen) atoms. The molecule has 3 aliphatic heterocycles. The Hall–Kier alpha value is -3.89. The molecule has 1 saturated heterocycles. The first-order valence-corrected chi connectivity index (χ1v) is 15.6. The number of fused-ring (bicyclic) bond motifs is 1. The normalized spacial score (nSPS) is 22.5. The van der Waals surface area contributed by atoms with Gasteiger partial charge in [-0.25, -0.2) is 12.8 Å². The van der Waals surface area contributed by atoms with E-state index in [1.54, 1.807) is 18.2 Å². The number of carbonyl (C=O) groups is 1. The zero-order chi connectivity index (χ0) is 29.6. The molecule has 3 aromatic carbocycles. The smallest absolute Gasteiger partial charge is 0.257 e. The van der Waals surface area contributed by atoms with E-state index in [2.05, 4.69) is 5.32 Å². The van der Waals surface area contributed by atoms with Crippen LogP contribution in [0.15, 0.2) is 77.3 Å². The predicted octanol–water partition coefficient (Wildman–Crippen LogP) is 5.85. The van der Waals surface area contributed by atoms with E-state index in [4.69, 9.17) is 9.47 Å². The molecule has 0 spiro atoms. The van der Waals surface area contributed by atoms with Gasteiger partial charge in [0.1, 0.15) is 41.8 Å². The van der Waals surface area contributed by atoms with Crippen LogP contribution in [0.1, 0.15) is 50.3 Å². The van der Waals surface area contributed by atoms with Crippen LogP contribution in [0.25, 0.3) is 0 Å². The molecule has 2 N–H and O–H groups in total. The van der Waals surface area contributed by atoms with Gasteiger partial charge in [0.25, 0.3) is 5.91 Å². The number of para-hydroxylation sites is 1. The van der Waals surface area contributed by atoms with Crippen molar-refractivity contribution >= 4 is 27.1 Å². The minimum atomic E-state index is -4.00. The number of nitrogens with zero attached hydrogens (tertiary/aromatic N) is 1. The minimum absolute atomic E-state index is 0.00202. The molecule has 6 rings (SSSR count). The molecule has 10 heteroatoms. The van der Waals surface area contributed by atoms with Gasteiger partial charge in [-0.1, -0.05) is 50.2 Å². The number of nitrogens with one attached hydrogen (secondary N) is 1. The number of hydrogen-bond acceptors (Lipinski definition) is 7. The van der Waals surface area contributed by atoms with E-state index in [-0.39, 0.29) is 45.7 Å². The zero-order valence-corrected chi connectivity index (χ0v) is 24.3. The monoisotopic (exact) mass is 592 g/mol. The van der Waals surface area contributed by atoms with Gasteiger partial charge < -0.3 is 19.9 Å². The van der Waals surface area contributed by atoms with Gasteiger partial charge in [0.2, 0.25) is 0 Å². The van der Waals surface area contributed by atoms with Gasteiger partial charge >= 0.3 is 0 Å². The number of anilines is 2. The lowest BCUT2D eigenvalue weighted by Gasteiger charge is -2.38. The van der Waals surface area contributed by atoms with Gasteiger partial charge in [-0.15, -0.1) is 0 Å². The number of phenolic OH excluding ortho intramolecular Hbond substituents is 1. The number of benzene rings is 3. The van der Waals surface area contributed by atoms with E-state index >= 15 is 4.39 Å². The standard InChI is InChI=1S/C32H33FN2O6S/c1-32(2)17-24-30(42(38,39)19-32)29(22-14-13-21(16-23(22)33)41-18-20-8-4-3-5-9-20)35(31(37)27-12-7-15-40-27)25-10-6-11-26(36)28(25)34-24/h3-6,8-11,13-14,16,27,29,34,36H,7,12,15,17-19H2,1-2H3. The summed E-state index contributed by atoms with van der Waals surface area (Å²) in [5, 5.41) is 14.1. The molecular weight excluding hydrogens is 559 g/mol. The maximum Gasteiger partial charge on any atom is 0.257 e. The molecule has 0 saturated carbocycles. The fourth-order valence-corrected chi connectivity index (χ4v) is 8.47. The Labute approximate surface area is 244 Å². The fraction of sp³-hybridized carbons (Fsp3) is 0.344. The van der Waals surface area contributed by atoms with E-state index in [1.165, 1.54) is 23.1 Å². The third-order valence-electron chi connectivity index (χ3n) is 7.89. The topological polar surface area (TPSA) is 105 Å². The third kappa shape index (κ3) is 5.25. The highest BCUT2D eigenvalue weighted by Crippen LogP contribution is 2.52. The van der Waals surface area contributed by atoms with Gasteiger partial charge in [0.15, 0.2) is 9.84 Å². The first-order chi connectivity index (χ1) is 20.0. The second kappa shape index (κ2) is 10.7. The van der Waals surface area contributed by atoms with Crippen LogP contribution in [0.3, 0.4) is 0 Å². The van der Waals surface area contributed by atoms with Crippen LogP contribution in [0.4, 0.5) is 15.8 Å². The second-order valence-corrected chi connectivity index (χ2v) is 13.8. The molecule has 2 atom stereocenters. The Kier molecular flexibility index (Phi) is 7.22. The molecule has 8 nitrogen and oxygen atoms in total. The van der Waals surface area contributed by atoms with Crippen LogP contribution in [0, 0.1) is 11.2 Å². The van der Waals surface area contributed by atoms with E-state index in [9.17, 15) is 18.3 Å². The van der Waals surface area contributed by atoms with Crippen LogP contribution in [-0.4, -0.2) is 37.9 Å². The van der Waals surface area contributed by atoms with Crippen molar-refractivity contribution in [3.8, 4) is 11.5 Å². The Balaban J connectivity index is 1.53. The average Bonchev–Trinajstić information content (AvgIpc) is 3.43. The number of allylic oxidation sites excluding steroid dienone is 1. The zero-order valence-electron chi connectivity index (χ0n) is 23.5. The van der Waals surface area contributed by atoms with Crippen molar-refractivity contribution in [3.63, 3.8) is 0 Å². The summed E-state index contributed by atoms with van der Waals surface area (Å²) in [4.78, 5) is 15.4. The SMILES string of the molecule is CC1(C)CC2=C(C(c3ccc(OCc4ccccc4)cc3F)N(C(=O)C3CCCO3)c3cccc(O)c3N2)S(=O)(=O)C1. The van der Waals surface area contributed by atoms with Crippen molar-refractivity contribution in [1.29, 1.82) is 0 Å². The predicted molar refractivity (Wildman–Crippen MR) is 157 cm³/mol. The lowest BCUT2D eigenvalue weighted by Crippen LogP contribution is -2.45. The first kappa shape index (κ1) is 28.2. The molecule has 0 aromatic heterocycles. The summed E-state index contributed by atoms with van der Waals surface area (Å²) in [5.41, 5.74) is 1.03.